The van der Waals surface area contributed by atoms with Crippen molar-refractivity contribution >= 4 is 43.5 Å². The molecule has 0 radical (unpaired) electrons. The Balaban J connectivity index is 2.14. The third-order valence-corrected chi connectivity index (χ3v) is 3.80. The van der Waals surface area contributed by atoms with Gasteiger partial charge in [0.2, 0.25) is 0 Å². The molecule has 0 atom stereocenters. The molecule has 21 heavy (non-hydrogen) atoms. The van der Waals surface area contributed by atoms with Gasteiger partial charge in [0.15, 0.2) is 0 Å². The highest BCUT2D eigenvalue weighted by molar-refractivity contribution is 9.10. The zero-order valence-electron chi connectivity index (χ0n) is 11.1. The Bertz CT molecular complexity index is 697. The molecule has 6 heteroatoms. The van der Waals surface area contributed by atoms with E-state index in [1.54, 1.807) is 49.4 Å². The van der Waals surface area contributed by atoms with Crippen LogP contribution in [0.15, 0.2) is 56.5 Å². The van der Waals surface area contributed by atoms with Gasteiger partial charge < -0.3 is 5.11 Å². The SMILES string of the molecule is C/C(=N\NC(=O)c1ccc(Br)cc1)c1cc(Br)ccc1O. The number of carbonyl (C=O) groups excluding carboxylic acids is 1. The highest BCUT2D eigenvalue weighted by Crippen LogP contribution is 2.22. The Morgan fingerprint density at radius 2 is 1.71 bits per heavy atom. The topological polar surface area (TPSA) is 61.7 Å². The fraction of sp³-hybridized carbons (Fsp3) is 0.0667. The van der Waals surface area contributed by atoms with Gasteiger partial charge in [-0.3, -0.25) is 4.79 Å². The van der Waals surface area contributed by atoms with E-state index < -0.39 is 0 Å². The zero-order chi connectivity index (χ0) is 15.4. The Kier molecular flexibility index (Phi) is 5.14. The van der Waals surface area contributed by atoms with Crippen molar-refractivity contribution in [2.24, 2.45) is 5.10 Å². The van der Waals surface area contributed by atoms with E-state index in [0.717, 1.165) is 8.95 Å². The molecule has 0 saturated carbocycles. The number of phenols is 1. The van der Waals surface area contributed by atoms with Crippen LogP contribution in [0.2, 0.25) is 0 Å². The molecule has 0 unspecified atom stereocenters. The average molecular weight is 412 g/mol. The number of hydrogen-bond donors (Lipinski definition) is 2. The fourth-order valence-electron chi connectivity index (χ4n) is 1.66. The van der Waals surface area contributed by atoms with E-state index in [1.807, 2.05) is 0 Å². The van der Waals surface area contributed by atoms with Crippen LogP contribution in [-0.4, -0.2) is 16.7 Å². The van der Waals surface area contributed by atoms with Gasteiger partial charge in [-0.25, -0.2) is 5.43 Å². The van der Waals surface area contributed by atoms with Gasteiger partial charge in [-0.05, 0) is 49.4 Å². The molecule has 0 aromatic heterocycles. The maximum Gasteiger partial charge on any atom is 0.271 e. The maximum atomic E-state index is 11.9. The predicted octanol–water partition coefficient (Wildman–Crippen LogP) is 4.07. The number of benzene rings is 2. The standard InChI is InChI=1S/C15H12Br2N2O2/c1-9(13-8-12(17)6-7-14(13)20)18-19-15(21)10-2-4-11(16)5-3-10/h2-8,20H,1H3,(H,19,21)/b18-9+. The van der Waals surface area contributed by atoms with Crippen LogP contribution >= 0.6 is 31.9 Å². The molecule has 0 saturated heterocycles. The third kappa shape index (κ3) is 4.15. The summed E-state index contributed by atoms with van der Waals surface area (Å²) in [6.45, 7) is 1.71. The Labute approximate surface area is 139 Å². The monoisotopic (exact) mass is 410 g/mol. The minimum atomic E-state index is -0.309. The summed E-state index contributed by atoms with van der Waals surface area (Å²) in [4.78, 5) is 11.9. The molecule has 0 aliphatic carbocycles. The summed E-state index contributed by atoms with van der Waals surface area (Å²) < 4.78 is 1.72. The summed E-state index contributed by atoms with van der Waals surface area (Å²) in [7, 11) is 0. The summed E-state index contributed by atoms with van der Waals surface area (Å²) in [5, 5.41) is 13.8. The number of nitrogens with one attached hydrogen (secondary N) is 1. The number of phenolic OH excluding ortho intramolecular Hbond substituents is 1. The second-order valence-electron chi connectivity index (χ2n) is 4.31. The molecule has 2 N–H and O–H groups in total. The second kappa shape index (κ2) is 6.87. The van der Waals surface area contributed by atoms with Gasteiger partial charge in [0.05, 0.1) is 5.71 Å². The summed E-state index contributed by atoms with van der Waals surface area (Å²) in [5.74, 6) is -0.200. The van der Waals surface area contributed by atoms with Crippen LogP contribution in [0.1, 0.15) is 22.8 Å². The van der Waals surface area contributed by atoms with E-state index in [9.17, 15) is 9.90 Å². The molecule has 4 nitrogen and oxygen atoms in total. The fourth-order valence-corrected chi connectivity index (χ4v) is 2.28. The average Bonchev–Trinajstić information content (AvgIpc) is 2.47. The Morgan fingerprint density at radius 1 is 1.10 bits per heavy atom. The van der Waals surface area contributed by atoms with E-state index in [1.165, 1.54) is 0 Å². The largest absolute Gasteiger partial charge is 0.507 e. The molecule has 0 aliphatic rings. The predicted molar refractivity (Wildman–Crippen MR) is 89.6 cm³/mol. The smallest absolute Gasteiger partial charge is 0.271 e. The van der Waals surface area contributed by atoms with Crippen molar-refractivity contribution in [3.05, 3.63) is 62.5 Å². The number of nitrogens with zero attached hydrogens (tertiary/aromatic N) is 1. The summed E-state index contributed by atoms with van der Waals surface area (Å²) in [5.41, 5.74) is 4.05. The first-order valence-electron chi connectivity index (χ1n) is 6.06. The van der Waals surface area contributed by atoms with Crippen molar-refractivity contribution in [2.45, 2.75) is 6.92 Å². The van der Waals surface area contributed by atoms with Crippen LogP contribution in [0.4, 0.5) is 0 Å². The molecule has 0 fully saturated rings. The zero-order valence-corrected chi connectivity index (χ0v) is 14.3. The highest BCUT2D eigenvalue weighted by Gasteiger charge is 2.07. The van der Waals surface area contributed by atoms with Crippen LogP contribution in [0.25, 0.3) is 0 Å². The lowest BCUT2D eigenvalue weighted by Gasteiger charge is -2.06. The van der Waals surface area contributed by atoms with Gasteiger partial charge in [-0.15, -0.1) is 0 Å². The van der Waals surface area contributed by atoms with Gasteiger partial charge in [-0.1, -0.05) is 31.9 Å². The molecule has 2 aromatic rings. The molecular weight excluding hydrogens is 400 g/mol. The van der Waals surface area contributed by atoms with Gasteiger partial charge >= 0.3 is 0 Å². The summed E-state index contributed by atoms with van der Waals surface area (Å²) in [6, 6.07) is 12.0. The first-order chi connectivity index (χ1) is 9.97. The normalized spacial score (nSPS) is 11.3. The lowest BCUT2D eigenvalue weighted by atomic mass is 10.1. The number of amides is 1. The molecule has 0 spiro atoms. The number of hydrogen-bond acceptors (Lipinski definition) is 3. The van der Waals surface area contributed by atoms with Crippen molar-refractivity contribution in [2.75, 3.05) is 0 Å². The van der Waals surface area contributed by atoms with Gasteiger partial charge in [0.1, 0.15) is 5.75 Å². The molecule has 108 valence electrons. The van der Waals surface area contributed by atoms with Crippen LogP contribution in [0.5, 0.6) is 5.75 Å². The minimum Gasteiger partial charge on any atom is -0.507 e. The van der Waals surface area contributed by atoms with Gasteiger partial charge in [-0.2, -0.15) is 5.10 Å². The number of hydrazone groups is 1. The van der Waals surface area contributed by atoms with E-state index in [4.69, 9.17) is 0 Å². The van der Waals surface area contributed by atoms with E-state index >= 15 is 0 Å². The number of halogens is 2. The van der Waals surface area contributed by atoms with Gasteiger partial charge in [0, 0.05) is 20.1 Å². The van der Waals surface area contributed by atoms with Crippen molar-refractivity contribution in [3.63, 3.8) is 0 Å². The Hall–Kier alpha value is -1.66. The second-order valence-corrected chi connectivity index (χ2v) is 6.14. The number of rotatable bonds is 3. The molecule has 2 rings (SSSR count). The van der Waals surface area contributed by atoms with E-state index in [0.29, 0.717) is 16.8 Å². The van der Waals surface area contributed by atoms with Crippen LogP contribution < -0.4 is 5.43 Å². The number of aromatic hydroxyl groups is 1. The summed E-state index contributed by atoms with van der Waals surface area (Å²) >= 11 is 6.64. The molecule has 0 bridgehead atoms. The van der Waals surface area contributed by atoms with E-state index in [-0.39, 0.29) is 11.7 Å². The lowest BCUT2D eigenvalue weighted by molar-refractivity contribution is 0.0955. The van der Waals surface area contributed by atoms with Crippen molar-refractivity contribution in [1.82, 2.24) is 5.43 Å². The van der Waals surface area contributed by atoms with Crippen LogP contribution in [0.3, 0.4) is 0 Å². The van der Waals surface area contributed by atoms with Crippen molar-refractivity contribution in [1.29, 1.82) is 0 Å². The molecular formula is C15H12Br2N2O2. The lowest BCUT2D eigenvalue weighted by Crippen LogP contribution is -2.19. The first-order valence-corrected chi connectivity index (χ1v) is 7.65. The summed E-state index contributed by atoms with van der Waals surface area (Å²) in [6.07, 6.45) is 0. The molecule has 1 amide bonds. The molecule has 0 aliphatic heterocycles. The third-order valence-electron chi connectivity index (χ3n) is 2.78. The molecule has 0 heterocycles. The maximum absolute atomic E-state index is 11.9. The number of carbonyl (C=O) groups is 1. The van der Waals surface area contributed by atoms with Crippen LogP contribution in [0, 0.1) is 0 Å². The van der Waals surface area contributed by atoms with Crippen molar-refractivity contribution < 1.29 is 9.90 Å². The minimum absolute atomic E-state index is 0.109. The van der Waals surface area contributed by atoms with Gasteiger partial charge in [0.25, 0.3) is 5.91 Å². The van der Waals surface area contributed by atoms with E-state index in [2.05, 4.69) is 42.4 Å². The Morgan fingerprint density at radius 3 is 2.38 bits per heavy atom. The van der Waals surface area contributed by atoms with Crippen molar-refractivity contribution in [3.8, 4) is 5.75 Å². The molecule has 2 aromatic carbocycles. The highest BCUT2D eigenvalue weighted by atomic mass is 79.9. The van der Waals surface area contributed by atoms with Crippen LogP contribution in [-0.2, 0) is 0 Å². The quantitative estimate of drug-likeness (QED) is 0.590. The first kappa shape index (κ1) is 15.7.